The Morgan fingerprint density at radius 3 is 2.52 bits per heavy atom. The van der Waals surface area contributed by atoms with Crippen LogP contribution >= 0.6 is 15.9 Å². The van der Waals surface area contributed by atoms with Gasteiger partial charge < -0.3 is 10.2 Å². The molecule has 0 aliphatic rings. The van der Waals surface area contributed by atoms with Crippen LogP contribution in [0.2, 0.25) is 0 Å². The molecule has 110 valence electrons. The topological polar surface area (TPSA) is 83.6 Å². The van der Waals surface area contributed by atoms with E-state index >= 15 is 0 Å². The SMILES string of the molecule is O=[N+]([O-])c1cc(Br)cc(CC[C@H](O)c2ccccc2)c1O. The van der Waals surface area contributed by atoms with Crippen molar-refractivity contribution in [1.82, 2.24) is 0 Å². The fourth-order valence-corrected chi connectivity index (χ4v) is 2.60. The number of aryl methyl sites for hydroxylation is 1. The van der Waals surface area contributed by atoms with E-state index in [1.807, 2.05) is 30.3 Å². The van der Waals surface area contributed by atoms with E-state index in [1.54, 1.807) is 6.07 Å². The summed E-state index contributed by atoms with van der Waals surface area (Å²) in [5.74, 6) is -0.344. The molecule has 2 rings (SSSR count). The van der Waals surface area contributed by atoms with Crippen LogP contribution in [0.3, 0.4) is 0 Å². The minimum Gasteiger partial charge on any atom is -0.502 e. The first-order chi connectivity index (χ1) is 9.99. The normalized spacial score (nSPS) is 12.1. The van der Waals surface area contributed by atoms with Crippen LogP contribution in [-0.2, 0) is 6.42 Å². The van der Waals surface area contributed by atoms with Crippen LogP contribution in [0, 0.1) is 10.1 Å². The highest BCUT2D eigenvalue weighted by Gasteiger charge is 2.19. The van der Waals surface area contributed by atoms with Gasteiger partial charge in [0.15, 0.2) is 5.75 Å². The summed E-state index contributed by atoms with van der Waals surface area (Å²) in [6.45, 7) is 0. The van der Waals surface area contributed by atoms with E-state index in [2.05, 4.69) is 15.9 Å². The molecule has 0 amide bonds. The van der Waals surface area contributed by atoms with Crippen molar-refractivity contribution in [3.8, 4) is 5.75 Å². The largest absolute Gasteiger partial charge is 0.502 e. The third kappa shape index (κ3) is 3.80. The summed E-state index contributed by atoms with van der Waals surface area (Å²) in [5, 5.41) is 30.9. The van der Waals surface area contributed by atoms with Gasteiger partial charge in [0.2, 0.25) is 0 Å². The van der Waals surface area contributed by atoms with Crippen molar-refractivity contribution in [1.29, 1.82) is 0 Å². The molecular weight excluding hydrogens is 338 g/mol. The second-order valence-electron chi connectivity index (χ2n) is 4.65. The van der Waals surface area contributed by atoms with E-state index in [1.165, 1.54) is 6.07 Å². The van der Waals surface area contributed by atoms with Gasteiger partial charge in [0, 0.05) is 16.1 Å². The first kappa shape index (κ1) is 15.5. The molecule has 6 heteroatoms. The molecule has 0 heterocycles. The van der Waals surface area contributed by atoms with Crippen LogP contribution in [0.25, 0.3) is 0 Å². The second kappa shape index (κ2) is 6.69. The molecule has 21 heavy (non-hydrogen) atoms. The molecule has 0 spiro atoms. The number of nitro groups is 1. The molecule has 0 aromatic heterocycles. The summed E-state index contributed by atoms with van der Waals surface area (Å²) < 4.78 is 0.524. The van der Waals surface area contributed by atoms with Crippen molar-refractivity contribution in [2.75, 3.05) is 0 Å². The lowest BCUT2D eigenvalue weighted by Crippen LogP contribution is -2.00. The maximum absolute atomic E-state index is 10.9. The van der Waals surface area contributed by atoms with Gasteiger partial charge >= 0.3 is 5.69 Å². The number of hydrogen-bond donors (Lipinski definition) is 2. The number of benzene rings is 2. The quantitative estimate of drug-likeness (QED) is 0.634. The predicted molar refractivity (Wildman–Crippen MR) is 82.2 cm³/mol. The van der Waals surface area contributed by atoms with Crippen molar-refractivity contribution >= 4 is 21.6 Å². The average Bonchev–Trinajstić information content (AvgIpc) is 2.48. The number of rotatable bonds is 5. The zero-order valence-corrected chi connectivity index (χ0v) is 12.7. The maximum atomic E-state index is 10.9. The molecular formula is C15H14BrNO4. The number of aliphatic hydroxyl groups is 1. The van der Waals surface area contributed by atoms with Gasteiger partial charge in [-0.1, -0.05) is 46.3 Å². The second-order valence-corrected chi connectivity index (χ2v) is 5.57. The van der Waals surface area contributed by atoms with E-state index < -0.39 is 11.0 Å². The molecule has 0 bridgehead atoms. The Balaban J connectivity index is 2.15. The van der Waals surface area contributed by atoms with Crippen molar-refractivity contribution in [3.05, 3.63) is 68.2 Å². The van der Waals surface area contributed by atoms with Gasteiger partial charge in [0.1, 0.15) is 0 Å². The molecule has 1 atom stereocenters. The molecule has 0 unspecified atom stereocenters. The van der Waals surface area contributed by atoms with E-state index in [0.717, 1.165) is 5.56 Å². The number of hydrogen-bond acceptors (Lipinski definition) is 4. The Morgan fingerprint density at radius 1 is 1.24 bits per heavy atom. The highest BCUT2D eigenvalue weighted by Crippen LogP contribution is 2.35. The van der Waals surface area contributed by atoms with Crippen LogP contribution in [0.1, 0.15) is 23.7 Å². The predicted octanol–water partition coefficient (Wildman–Crippen LogP) is 3.73. The van der Waals surface area contributed by atoms with Gasteiger partial charge in [0.25, 0.3) is 0 Å². The lowest BCUT2D eigenvalue weighted by molar-refractivity contribution is -0.386. The monoisotopic (exact) mass is 351 g/mol. The van der Waals surface area contributed by atoms with E-state index in [4.69, 9.17) is 0 Å². The zero-order valence-electron chi connectivity index (χ0n) is 11.1. The van der Waals surface area contributed by atoms with Crippen molar-refractivity contribution < 1.29 is 15.1 Å². The van der Waals surface area contributed by atoms with Gasteiger partial charge in [0.05, 0.1) is 11.0 Å². The summed E-state index contributed by atoms with van der Waals surface area (Å²) in [6, 6.07) is 12.0. The summed E-state index contributed by atoms with van der Waals surface area (Å²) >= 11 is 3.19. The molecule has 2 N–H and O–H groups in total. The van der Waals surface area contributed by atoms with Gasteiger partial charge in [-0.2, -0.15) is 0 Å². The van der Waals surface area contributed by atoms with Crippen LogP contribution in [-0.4, -0.2) is 15.1 Å². The fourth-order valence-electron chi connectivity index (χ4n) is 2.10. The minimum atomic E-state index is -0.677. The molecule has 0 radical (unpaired) electrons. The number of aromatic hydroxyl groups is 1. The molecule has 0 saturated heterocycles. The van der Waals surface area contributed by atoms with E-state index in [-0.39, 0.29) is 11.4 Å². The van der Waals surface area contributed by atoms with Gasteiger partial charge in [-0.15, -0.1) is 0 Å². The van der Waals surface area contributed by atoms with Crippen LogP contribution < -0.4 is 0 Å². The lowest BCUT2D eigenvalue weighted by Gasteiger charge is -2.12. The van der Waals surface area contributed by atoms with Crippen LogP contribution in [0.4, 0.5) is 5.69 Å². The van der Waals surface area contributed by atoms with Gasteiger partial charge in [-0.25, -0.2) is 0 Å². The maximum Gasteiger partial charge on any atom is 0.312 e. The first-order valence-corrected chi connectivity index (χ1v) is 7.17. The lowest BCUT2D eigenvalue weighted by atomic mass is 10.0. The Kier molecular flexibility index (Phi) is 4.93. The Labute approximate surface area is 130 Å². The summed E-state index contributed by atoms with van der Waals surface area (Å²) in [4.78, 5) is 10.2. The summed E-state index contributed by atoms with van der Waals surface area (Å²) in [6.07, 6.45) is 0.0246. The number of phenols is 1. The minimum absolute atomic E-state index is 0.335. The van der Waals surface area contributed by atoms with Gasteiger partial charge in [-0.3, -0.25) is 10.1 Å². The summed E-state index contributed by atoms with van der Waals surface area (Å²) in [7, 11) is 0. The van der Waals surface area contributed by atoms with Crippen molar-refractivity contribution in [2.45, 2.75) is 18.9 Å². The average molecular weight is 352 g/mol. The highest BCUT2D eigenvalue weighted by atomic mass is 79.9. The molecule has 2 aromatic carbocycles. The van der Waals surface area contributed by atoms with Crippen LogP contribution in [0.15, 0.2) is 46.9 Å². The fraction of sp³-hybridized carbons (Fsp3) is 0.200. The van der Waals surface area contributed by atoms with E-state index in [0.29, 0.717) is 22.9 Å². The van der Waals surface area contributed by atoms with Crippen molar-refractivity contribution in [3.63, 3.8) is 0 Å². The zero-order chi connectivity index (χ0) is 15.4. The number of aliphatic hydroxyl groups excluding tert-OH is 1. The number of nitrogens with zero attached hydrogens (tertiary/aromatic N) is 1. The van der Waals surface area contributed by atoms with Gasteiger partial charge in [-0.05, 0) is 24.5 Å². The third-order valence-corrected chi connectivity index (χ3v) is 3.66. The third-order valence-electron chi connectivity index (χ3n) is 3.20. The first-order valence-electron chi connectivity index (χ1n) is 6.38. The number of halogens is 1. The Morgan fingerprint density at radius 2 is 1.90 bits per heavy atom. The standard InChI is InChI=1S/C15H14BrNO4/c16-12-8-11(15(19)13(9-12)17(20)21)6-7-14(18)10-4-2-1-3-5-10/h1-5,8-9,14,18-19H,6-7H2/t14-/m0/s1. The molecule has 2 aromatic rings. The highest BCUT2D eigenvalue weighted by molar-refractivity contribution is 9.10. The van der Waals surface area contributed by atoms with Crippen molar-refractivity contribution in [2.24, 2.45) is 0 Å². The molecule has 0 aliphatic heterocycles. The molecule has 0 saturated carbocycles. The Bertz CT molecular complexity index is 646. The number of nitro benzene ring substituents is 1. The Hall–Kier alpha value is -1.92. The molecule has 5 nitrogen and oxygen atoms in total. The molecule has 0 fully saturated rings. The summed E-state index contributed by atoms with van der Waals surface area (Å²) in [5.41, 5.74) is 0.876. The van der Waals surface area contributed by atoms with E-state index in [9.17, 15) is 20.3 Å². The number of phenolic OH excluding ortho intramolecular Hbond substituents is 1. The van der Waals surface area contributed by atoms with Crippen LogP contribution in [0.5, 0.6) is 5.75 Å². The smallest absolute Gasteiger partial charge is 0.312 e. The molecule has 0 aliphatic carbocycles.